The Morgan fingerprint density at radius 2 is 2.00 bits per heavy atom. The molecule has 3 N–H and O–H groups in total. The molecule has 0 unspecified atom stereocenters. The molecule has 1 aromatic heterocycles. The first kappa shape index (κ1) is 13.6. The SMILES string of the molecule is Cc1cc(CS(=O)(=O)NCc2ccc(N)cc2)no1. The van der Waals surface area contributed by atoms with Gasteiger partial charge in [0.2, 0.25) is 10.0 Å². The van der Waals surface area contributed by atoms with Gasteiger partial charge in [-0.1, -0.05) is 17.3 Å². The number of sulfonamides is 1. The second kappa shape index (κ2) is 5.41. The van der Waals surface area contributed by atoms with Gasteiger partial charge in [0, 0.05) is 18.3 Å². The number of hydrogen-bond acceptors (Lipinski definition) is 5. The highest BCUT2D eigenvalue weighted by molar-refractivity contribution is 7.88. The highest BCUT2D eigenvalue weighted by Gasteiger charge is 2.14. The van der Waals surface area contributed by atoms with Crippen LogP contribution in [0.1, 0.15) is 17.0 Å². The second-order valence-electron chi connectivity index (χ2n) is 4.25. The lowest BCUT2D eigenvalue weighted by Gasteiger charge is -2.05. The van der Waals surface area contributed by atoms with Crippen molar-refractivity contribution in [2.75, 3.05) is 5.73 Å². The van der Waals surface area contributed by atoms with Crippen molar-refractivity contribution in [3.8, 4) is 0 Å². The lowest BCUT2D eigenvalue weighted by Crippen LogP contribution is -2.24. The smallest absolute Gasteiger partial charge is 0.217 e. The summed E-state index contributed by atoms with van der Waals surface area (Å²) in [5, 5.41) is 3.66. The first-order valence-electron chi connectivity index (χ1n) is 5.68. The van der Waals surface area contributed by atoms with Gasteiger partial charge in [-0.05, 0) is 24.6 Å². The van der Waals surface area contributed by atoms with Crippen molar-refractivity contribution >= 4 is 15.7 Å². The second-order valence-corrected chi connectivity index (χ2v) is 6.06. The Balaban J connectivity index is 1.96. The molecular formula is C12H15N3O3S. The van der Waals surface area contributed by atoms with E-state index < -0.39 is 10.0 Å². The summed E-state index contributed by atoms with van der Waals surface area (Å²) in [6.45, 7) is 1.93. The Bertz CT molecular complexity index is 647. The Labute approximate surface area is 111 Å². The highest BCUT2D eigenvalue weighted by Crippen LogP contribution is 2.08. The van der Waals surface area contributed by atoms with Crippen molar-refractivity contribution in [3.63, 3.8) is 0 Å². The van der Waals surface area contributed by atoms with Crippen LogP contribution < -0.4 is 10.5 Å². The van der Waals surface area contributed by atoms with E-state index in [2.05, 4.69) is 9.88 Å². The van der Waals surface area contributed by atoms with Gasteiger partial charge in [0.05, 0.1) is 0 Å². The summed E-state index contributed by atoms with van der Waals surface area (Å²) < 4.78 is 31.0. The number of aryl methyl sites for hydroxylation is 1. The summed E-state index contributed by atoms with van der Waals surface area (Å²) in [7, 11) is -3.43. The molecule has 0 amide bonds. The van der Waals surface area contributed by atoms with E-state index in [9.17, 15) is 8.42 Å². The van der Waals surface area contributed by atoms with Crippen LogP contribution in [0.3, 0.4) is 0 Å². The van der Waals surface area contributed by atoms with Crippen LogP contribution in [-0.2, 0) is 22.3 Å². The van der Waals surface area contributed by atoms with Crippen LogP contribution in [0.15, 0.2) is 34.9 Å². The summed E-state index contributed by atoms with van der Waals surface area (Å²) in [6.07, 6.45) is 0. The maximum Gasteiger partial charge on any atom is 0.217 e. The minimum absolute atomic E-state index is 0.195. The minimum atomic E-state index is -3.43. The van der Waals surface area contributed by atoms with E-state index >= 15 is 0 Å². The van der Waals surface area contributed by atoms with Gasteiger partial charge in [0.15, 0.2) is 0 Å². The van der Waals surface area contributed by atoms with Crippen LogP contribution in [-0.4, -0.2) is 13.6 Å². The number of nitrogens with one attached hydrogen (secondary N) is 1. The number of nitrogen functional groups attached to an aromatic ring is 1. The molecule has 19 heavy (non-hydrogen) atoms. The monoisotopic (exact) mass is 281 g/mol. The largest absolute Gasteiger partial charge is 0.399 e. The van der Waals surface area contributed by atoms with E-state index in [1.165, 1.54) is 0 Å². The average Bonchev–Trinajstić information content (AvgIpc) is 2.73. The maximum atomic E-state index is 11.8. The molecular weight excluding hydrogens is 266 g/mol. The zero-order valence-electron chi connectivity index (χ0n) is 10.5. The van der Waals surface area contributed by atoms with Crippen molar-refractivity contribution in [1.82, 2.24) is 9.88 Å². The van der Waals surface area contributed by atoms with E-state index in [-0.39, 0.29) is 12.3 Å². The Kier molecular flexibility index (Phi) is 3.87. The Morgan fingerprint density at radius 1 is 1.32 bits per heavy atom. The predicted molar refractivity (Wildman–Crippen MR) is 71.6 cm³/mol. The van der Waals surface area contributed by atoms with Crippen LogP contribution in [0.5, 0.6) is 0 Å². The van der Waals surface area contributed by atoms with E-state index in [4.69, 9.17) is 10.3 Å². The van der Waals surface area contributed by atoms with Gasteiger partial charge in [-0.15, -0.1) is 0 Å². The van der Waals surface area contributed by atoms with Crippen molar-refractivity contribution in [1.29, 1.82) is 0 Å². The normalized spacial score (nSPS) is 11.6. The Morgan fingerprint density at radius 3 is 2.58 bits per heavy atom. The molecule has 0 bridgehead atoms. The molecule has 2 aromatic rings. The zero-order chi connectivity index (χ0) is 13.9. The van der Waals surface area contributed by atoms with Crippen LogP contribution in [0.4, 0.5) is 5.69 Å². The third-order valence-corrected chi connectivity index (χ3v) is 3.75. The quantitative estimate of drug-likeness (QED) is 0.802. The van der Waals surface area contributed by atoms with Gasteiger partial charge < -0.3 is 10.3 Å². The van der Waals surface area contributed by atoms with Crippen molar-refractivity contribution < 1.29 is 12.9 Å². The molecule has 0 fully saturated rings. The van der Waals surface area contributed by atoms with E-state index in [1.807, 2.05) is 0 Å². The molecule has 0 saturated heterocycles. The number of anilines is 1. The molecule has 1 aromatic carbocycles. The van der Waals surface area contributed by atoms with Gasteiger partial charge in [0.25, 0.3) is 0 Å². The van der Waals surface area contributed by atoms with Crippen molar-refractivity contribution in [2.24, 2.45) is 0 Å². The molecule has 102 valence electrons. The summed E-state index contributed by atoms with van der Waals surface area (Å²) >= 11 is 0. The fourth-order valence-electron chi connectivity index (χ4n) is 1.56. The van der Waals surface area contributed by atoms with Crippen molar-refractivity contribution in [3.05, 3.63) is 47.3 Å². The lowest BCUT2D eigenvalue weighted by atomic mass is 10.2. The highest BCUT2D eigenvalue weighted by atomic mass is 32.2. The van der Waals surface area contributed by atoms with Gasteiger partial charge in [-0.2, -0.15) is 0 Å². The molecule has 0 spiro atoms. The van der Waals surface area contributed by atoms with Gasteiger partial charge in [0.1, 0.15) is 17.2 Å². The van der Waals surface area contributed by atoms with E-state index in [0.29, 0.717) is 17.1 Å². The number of aromatic nitrogens is 1. The van der Waals surface area contributed by atoms with Gasteiger partial charge in [-0.3, -0.25) is 0 Å². The minimum Gasteiger partial charge on any atom is -0.399 e. The van der Waals surface area contributed by atoms with E-state index in [0.717, 1.165) is 5.56 Å². The summed E-state index contributed by atoms with van der Waals surface area (Å²) in [4.78, 5) is 0. The molecule has 6 nitrogen and oxygen atoms in total. The number of benzene rings is 1. The van der Waals surface area contributed by atoms with Crippen molar-refractivity contribution in [2.45, 2.75) is 19.2 Å². The molecule has 0 atom stereocenters. The van der Waals surface area contributed by atoms with E-state index in [1.54, 1.807) is 37.3 Å². The molecule has 1 heterocycles. The predicted octanol–water partition coefficient (Wildman–Crippen LogP) is 1.18. The fourth-order valence-corrected chi connectivity index (χ4v) is 2.57. The standard InChI is InChI=1S/C12H15N3O3S/c1-9-6-12(15-18-9)8-19(16,17)14-7-10-2-4-11(13)5-3-10/h2-6,14H,7-8,13H2,1H3. The zero-order valence-corrected chi connectivity index (χ0v) is 11.3. The number of nitrogens with zero attached hydrogens (tertiary/aromatic N) is 1. The molecule has 0 radical (unpaired) electrons. The number of rotatable bonds is 5. The number of nitrogens with two attached hydrogens (primary N) is 1. The van der Waals surface area contributed by atoms with Crippen LogP contribution in [0.25, 0.3) is 0 Å². The first-order chi connectivity index (χ1) is 8.94. The van der Waals surface area contributed by atoms with Gasteiger partial charge >= 0.3 is 0 Å². The van der Waals surface area contributed by atoms with Crippen LogP contribution in [0.2, 0.25) is 0 Å². The summed E-state index contributed by atoms with van der Waals surface area (Å²) in [5.41, 5.74) is 7.43. The first-order valence-corrected chi connectivity index (χ1v) is 7.34. The number of hydrogen-bond donors (Lipinski definition) is 2. The van der Waals surface area contributed by atoms with Crippen LogP contribution in [0, 0.1) is 6.92 Å². The topological polar surface area (TPSA) is 98.2 Å². The Hall–Kier alpha value is -1.86. The fraction of sp³-hybridized carbons (Fsp3) is 0.250. The van der Waals surface area contributed by atoms with Crippen LogP contribution >= 0.6 is 0 Å². The molecule has 2 rings (SSSR count). The summed E-state index contributed by atoms with van der Waals surface area (Å²) in [6, 6.07) is 8.61. The maximum absolute atomic E-state index is 11.8. The molecule has 0 aliphatic carbocycles. The third kappa shape index (κ3) is 4.08. The molecule has 7 heteroatoms. The molecule has 0 saturated carbocycles. The lowest BCUT2D eigenvalue weighted by molar-refractivity contribution is 0.392. The molecule has 0 aliphatic rings. The average molecular weight is 281 g/mol. The molecule has 0 aliphatic heterocycles. The summed E-state index contributed by atoms with van der Waals surface area (Å²) in [5.74, 6) is 0.392. The van der Waals surface area contributed by atoms with Gasteiger partial charge in [-0.25, -0.2) is 13.1 Å². The third-order valence-electron chi connectivity index (χ3n) is 2.49.